The van der Waals surface area contributed by atoms with E-state index in [-0.39, 0.29) is 22.0 Å². The van der Waals surface area contributed by atoms with E-state index in [1.54, 1.807) is 24.3 Å². The van der Waals surface area contributed by atoms with E-state index in [1.165, 1.54) is 18.3 Å². The van der Waals surface area contributed by atoms with Crippen LogP contribution >= 0.6 is 11.6 Å². The van der Waals surface area contributed by atoms with Gasteiger partial charge in [0.25, 0.3) is 11.6 Å². The molecule has 0 atom stereocenters. The standard InChI is InChI=1S/C16H10ClN3O4/c17-12-7-9(20(23)24)5-6-14(12)19-16(22)11-8-18-13-4-2-1-3-10(13)15(11)21/h1-8H,(H,18,21)(H,19,22). The zero-order chi connectivity index (χ0) is 17.3. The van der Waals surface area contributed by atoms with Gasteiger partial charge in [0.15, 0.2) is 0 Å². The number of carbonyl (C=O) groups is 1. The molecular weight excluding hydrogens is 334 g/mol. The smallest absolute Gasteiger partial charge is 0.271 e. The Morgan fingerprint density at radius 3 is 2.67 bits per heavy atom. The SMILES string of the molecule is O=C(Nc1ccc([N+](=O)[O-])cc1Cl)c1c[nH]c2ccccc2c1=O. The van der Waals surface area contributed by atoms with Crippen molar-refractivity contribution in [3.05, 3.63) is 79.6 Å². The fourth-order valence-corrected chi connectivity index (χ4v) is 2.47. The first kappa shape index (κ1) is 15.7. The van der Waals surface area contributed by atoms with Crippen LogP contribution in [0.1, 0.15) is 10.4 Å². The number of H-pyrrole nitrogens is 1. The lowest BCUT2D eigenvalue weighted by Gasteiger charge is -2.07. The first-order valence-electron chi connectivity index (χ1n) is 6.83. The molecule has 0 spiro atoms. The number of hydrogen-bond donors (Lipinski definition) is 2. The van der Waals surface area contributed by atoms with Crippen molar-refractivity contribution < 1.29 is 9.72 Å². The van der Waals surface area contributed by atoms with Crippen LogP contribution < -0.4 is 10.7 Å². The van der Waals surface area contributed by atoms with Gasteiger partial charge in [0.1, 0.15) is 5.56 Å². The number of aromatic nitrogens is 1. The molecule has 24 heavy (non-hydrogen) atoms. The molecular formula is C16H10ClN3O4. The highest BCUT2D eigenvalue weighted by Crippen LogP contribution is 2.26. The highest BCUT2D eigenvalue weighted by atomic mass is 35.5. The van der Waals surface area contributed by atoms with Crippen molar-refractivity contribution in [3.8, 4) is 0 Å². The Hall–Kier alpha value is -3.19. The maximum absolute atomic E-state index is 12.4. The third-order valence-electron chi connectivity index (χ3n) is 3.44. The Labute approximate surface area is 140 Å². The molecule has 8 heteroatoms. The van der Waals surface area contributed by atoms with Crippen LogP contribution in [-0.2, 0) is 0 Å². The molecule has 2 N–H and O–H groups in total. The first-order chi connectivity index (χ1) is 11.5. The van der Waals surface area contributed by atoms with Gasteiger partial charge in [-0.25, -0.2) is 0 Å². The Balaban J connectivity index is 1.95. The summed E-state index contributed by atoms with van der Waals surface area (Å²) in [4.78, 5) is 37.7. The molecule has 1 amide bonds. The molecule has 0 saturated carbocycles. The van der Waals surface area contributed by atoms with Crippen LogP contribution in [0.5, 0.6) is 0 Å². The molecule has 0 radical (unpaired) electrons. The Morgan fingerprint density at radius 2 is 1.96 bits per heavy atom. The average Bonchev–Trinajstić information content (AvgIpc) is 2.57. The van der Waals surface area contributed by atoms with Crippen LogP contribution in [0.2, 0.25) is 5.02 Å². The third kappa shape index (κ3) is 2.84. The molecule has 0 bridgehead atoms. The van der Waals surface area contributed by atoms with Gasteiger partial charge in [0, 0.05) is 29.2 Å². The molecule has 0 fully saturated rings. The highest BCUT2D eigenvalue weighted by Gasteiger charge is 2.16. The number of fused-ring (bicyclic) bond motifs is 1. The van der Waals surface area contributed by atoms with Gasteiger partial charge in [-0.15, -0.1) is 0 Å². The molecule has 0 aliphatic heterocycles. The van der Waals surface area contributed by atoms with Crippen molar-refractivity contribution in [2.45, 2.75) is 0 Å². The van der Waals surface area contributed by atoms with Crippen LogP contribution in [0.4, 0.5) is 11.4 Å². The van der Waals surface area contributed by atoms with Crippen molar-refractivity contribution in [2.24, 2.45) is 0 Å². The lowest BCUT2D eigenvalue weighted by molar-refractivity contribution is -0.384. The fourth-order valence-electron chi connectivity index (χ4n) is 2.24. The molecule has 0 aliphatic rings. The lowest BCUT2D eigenvalue weighted by atomic mass is 10.1. The lowest BCUT2D eigenvalue weighted by Crippen LogP contribution is -2.22. The van der Waals surface area contributed by atoms with Gasteiger partial charge in [-0.1, -0.05) is 23.7 Å². The first-order valence-corrected chi connectivity index (χ1v) is 7.21. The number of nitro benzene ring substituents is 1. The Morgan fingerprint density at radius 1 is 1.21 bits per heavy atom. The van der Waals surface area contributed by atoms with Crippen LogP contribution in [0.15, 0.2) is 53.5 Å². The number of non-ortho nitro benzene ring substituents is 1. The van der Waals surface area contributed by atoms with Gasteiger partial charge >= 0.3 is 0 Å². The third-order valence-corrected chi connectivity index (χ3v) is 3.76. The fraction of sp³-hybridized carbons (Fsp3) is 0. The number of amides is 1. The molecule has 3 rings (SSSR count). The summed E-state index contributed by atoms with van der Waals surface area (Å²) in [6, 6.07) is 10.5. The number of hydrogen-bond acceptors (Lipinski definition) is 4. The topological polar surface area (TPSA) is 105 Å². The number of nitrogens with one attached hydrogen (secondary N) is 2. The van der Waals surface area contributed by atoms with E-state index in [9.17, 15) is 19.7 Å². The Kier molecular flexibility index (Phi) is 4.01. The van der Waals surface area contributed by atoms with Crippen molar-refractivity contribution in [1.82, 2.24) is 4.98 Å². The second-order valence-electron chi connectivity index (χ2n) is 4.95. The summed E-state index contributed by atoms with van der Waals surface area (Å²) in [6.45, 7) is 0. The average molecular weight is 344 g/mol. The van der Waals surface area contributed by atoms with Gasteiger partial charge in [-0.2, -0.15) is 0 Å². The molecule has 3 aromatic rings. The van der Waals surface area contributed by atoms with Crippen LogP contribution in [0.3, 0.4) is 0 Å². The Bertz CT molecular complexity index is 1030. The second-order valence-corrected chi connectivity index (χ2v) is 5.36. The number of nitro groups is 1. The van der Waals surface area contributed by atoms with Crippen LogP contribution in [-0.4, -0.2) is 15.8 Å². The van der Waals surface area contributed by atoms with E-state index < -0.39 is 16.3 Å². The molecule has 7 nitrogen and oxygen atoms in total. The number of nitrogens with zero attached hydrogens (tertiary/aromatic N) is 1. The second kappa shape index (κ2) is 6.13. The number of anilines is 1. The number of carbonyl (C=O) groups excluding carboxylic acids is 1. The minimum absolute atomic E-state index is 0.00904. The van der Waals surface area contributed by atoms with Gasteiger partial charge in [0.05, 0.1) is 15.6 Å². The molecule has 1 aromatic heterocycles. The quantitative estimate of drug-likeness (QED) is 0.562. The highest BCUT2D eigenvalue weighted by molar-refractivity contribution is 6.34. The summed E-state index contributed by atoms with van der Waals surface area (Å²) in [7, 11) is 0. The van der Waals surface area contributed by atoms with Gasteiger partial charge in [-0.05, 0) is 18.2 Å². The summed E-state index contributed by atoms with van der Waals surface area (Å²) in [5.41, 5.74) is 0.108. The minimum atomic E-state index is -0.655. The van der Waals surface area contributed by atoms with E-state index in [0.29, 0.717) is 10.9 Å². The normalized spacial score (nSPS) is 10.5. The molecule has 1 heterocycles. The van der Waals surface area contributed by atoms with Crippen molar-refractivity contribution in [3.63, 3.8) is 0 Å². The van der Waals surface area contributed by atoms with Gasteiger partial charge in [0.2, 0.25) is 5.43 Å². The molecule has 2 aromatic carbocycles. The van der Waals surface area contributed by atoms with E-state index in [1.807, 2.05) is 0 Å². The maximum Gasteiger partial charge on any atom is 0.271 e. The van der Waals surface area contributed by atoms with Crippen molar-refractivity contribution in [2.75, 3.05) is 5.32 Å². The maximum atomic E-state index is 12.4. The van der Waals surface area contributed by atoms with Gasteiger partial charge in [-0.3, -0.25) is 19.7 Å². The van der Waals surface area contributed by atoms with E-state index >= 15 is 0 Å². The zero-order valence-corrected chi connectivity index (χ0v) is 12.8. The van der Waals surface area contributed by atoms with E-state index in [2.05, 4.69) is 10.3 Å². The number of rotatable bonds is 3. The summed E-state index contributed by atoms with van der Waals surface area (Å²) in [6.07, 6.45) is 1.32. The number of aromatic amines is 1. The predicted octanol–water partition coefficient (Wildman–Crippen LogP) is 3.34. The number of pyridine rings is 1. The van der Waals surface area contributed by atoms with Crippen molar-refractivity contribution in [1.29, 1.82) is 0 Å². The molecule has 0 unspecified atom stereocenters. The summed E-state index contributed by atoms with van der Waals surface area (Å²) < 4.78 is 0. The van der Waals surface area contributed by atoms with Crippen LogP contribution in [0.25, 0.3) is 10.9 Å². The summed E-state index contributed by atoms with van der Waals surface area (Å²) >= 11 is 5.93. The van der Waals surface area contributed by atoms with E-state index in [4.69, 9.17) is 11.6 Å². The molecule has 0 aliphatic carbocycles. The number of benzene rings is 2. The van der Waals surface area contributed by atoms with E-state index in [0.717, 1.165) is 6.07 Å². The summed E-state index contributed by atoms with van der Waals surface area (Å²) in [5, 5.41) is 13.6. The monoisotopic (exact) mass is 343 g/mol. The zero-order valence-electron chi connectivity index (χ0n) is 12.1. The van der Waals surface area contributed by atoms with Crippen LogP contribution in [0, 0.1) is 10.1 Å². The minimum Gasteiger partial charge on any atom is -0.360 e. The predicted molar refractivity (Wildman–Crippen MR) is 90.6 cm³/mol. The molecule has 120 valence electrons. The largest absolute Gasteiger partial charge is 0.360 e. The molecule has 0 saturated heterocycles. The summed E-state index contributed by atoms with van der Waals surface area (Å²) in [5.74, 6) is -0.655. The van der Waals surface area contributed by atoms with Crippen molar-refractivity contribution >= 4 is 39.8 Å². The number of halogens is 1. The van der Waals surface area contributed by atoms with Gasteiger partial charge < -0.3 is 10.3 Å². The number of para-hydroxylation sites is 1.